The summed E-state index contributed by atoms with van der Waals surface area (Å²) < 4.78 is 14.1. The number of thiocarbonyl (C=S) groups is 1. The summed E-state index contributed by atoms with van der Waals surface area (Å²) in [6.45, 7) is 1.86. The molecule has 18 heavy (non-hydrogen) atoms. The Morgan fingerprint density at radius 2 is 1.89 bits per heavy atom. The lowest BCUT2D eigenvalue weighted by atomic mass is 10.2. The third kappa shape index (κ3) is 3.32. The third-order valence-corrected chi connectivity index (χ3v) is 3.26. The minimum absolute atomic E-state index is 0.150. The number of nitrogens with zero attached hydrogens (tertiary/aromatic N) is 1. The highest BCUT2D eigenvalue weighted by Crippen LogP contribution is 2.25. The third-order valence-electron chi connectivity index (χ3n) is 3.16. The Kier molecular flexibility index (Phi) is 4.36. The van der Waals surface area contributed by atoms with Gasteiger partial charge >= 0.3 is 0 Å². The molecule has 0 spiro atoms. The second-order valence-corrected chi connectivity index (χ2v) is 5.00. The van der Waals surface area contributed by atoms with Crippen LogP contribution in [0, 0.1) is 5.82 Å². The molecular weight excluding hydrogens is 249 g/mol. The van der Waals surface area contributed by atoms with Crippen LogP contribution in [0.15, 0.2) is 18.2 Å². The van der Waals surface area contributed by atoms with Crippen molar-refractivity contribution in [3.8, 4) is 0 Å². The van der Waals surface area contributed by atoms with Crippen LogP contribution in [0.2, 0.25) is 0 Å². The average molecular weight is 267 g/mol. The highest BCUT2D eigenvalue weighted by molar-refractivity contribution is 7.80. The number of hydrogen-bond donors (Lipinski definition) is 2. The normalized spacial score (nSPS) is 16.2. The Morgan fingerprint density at radius 1 is 1.22 bits per heavy atom. The number of benzene rings is 1. The summed E-state index contributed by atoms with van der Waals surface area (Å²) in [5, 5.41) is 2.89. The smallest absolute Gasteiger partial charge is 0.168 e. The van der Waals surface area contributed by atoms with E-state index in [1.807, 2.05) is 6.07 Å². The number of anilines is 2. The first kappa shape index (κ1) is 13.1. The van der Waals surface area contributed by atoms with E-state index in [0.29, 0.717) is 11.4 Å². The fourth-order valence-electron chi connectivity index (χ4n) is 2.29. The van der Waals surface area contributed by atoms with Crippen LogP contribution in [0.5, 0.6) is 0 Å². The van der Waals surface area contributed by atoms with Crippen LogP contribution in [-0.2, 0) is 0 Å². The summed E-state index contributed by atoms with van der Waals surface area (Å²) in [4.78, 5) is 2.12. The minimum Gasteiger partial charge on any atom is -0.376 e. The molecular formula is C13H18FN3S. The van der Waals surface area contributed by atoms with Gasteiger partial charge in [0, 0.05) is 18.8 Å². The van der Waals surface area contributed by atoms with E-state index in [9.17, 15) is 4.39 Å². The van der Waals surface area contributed by atoms with Crippen LogP contribution in [0.1, 0.15) is 25.7 Å². The van der Waals surface area contributed by atoms with Gasteiger partial charge < -0.3 is 16.0 Å². The van der Waals surface area contributed by atoms with Crippen molar-refractivity contribution in [2.75, 3.05) is 23.3 Å². The topological polar surface area (TPSA) is 41.3 Å². The first-order chi connectivity index (χ1) is 8.66. The zero-order valence-corrected chi connectivity index (χ0v) is 11.1. The molecule has 1 aliphatic heterocycles. The van der Waals surface area contributed by atoms with Gasteiger partial charge in [-0.25, -0.2) is 4.39 Å². The number of nitrogens with one attached hydrogen (secondary N) is 1. The zero-order chi connectivity index (χ0) is 13.0. The first-order valence-corrected chi connectivity index (χ1v) is 6.68. The fourth-order valence-corrected chi connectivity index (χ4v) is 2.41. The molecule has 1 saturated heterocycles. The largest absolute Gasteiger partial charge is 0.376 e. The summed E-state index contributed by atoms with van der Waals surface area (Å²) in [5.41, 5.74) is 6.63. The summed E-state index contributed by atoms with van der Waals surface area (Å²) in [7, 11) is 0. The molecule has 0 radical (unpaired) electrons. The summed E-state index contributed by atoms with van der Waals surface area (Å²) in [5.74, 6) is -0.224. The second-order valence-electron chi connectivity index (χ2n) is 4.56. The number of rotatable bonds is 2. The molecule has 1 fully saturated rings. The van der Waals surface area contributed by atoms with Crippen molar-refractivity contribution in [1.82, 2.24) is 0 Å². The maximum atomic E-state index is 14.1. The van der Waals surface area contributed by atoms with E-state index in [-0.39, 0.29) is 10.9 Å². The highest BCUT2D eigenvalue weighted by atomic mass is 32.1. The maximum Gasteiger partial charge on any atom is 0.168 e. The lowest BCUT2D eigenvalue weighted by molar-refractivity contribution is 0.617. The SMILES string of the molecule is NC(=S)Nc1ccc(N2CCCCCC2)c(F)c1. The molecule has 98 valence electrons. The predicted octanol–water partition coefficient (Wildman–Crippen LogP) is 2.86. The number of hydrogen-bond acceptors (Lipinski definition) is 2. The molecule has 1 aliphatic rings. The molecule has 2 rings (SSSR count). The average Bonchev–Trinajstić information content (AvgIpc) is 2.57. The maximum absolute atomic E-state index is 14.1. The molecule has 0 bridgehead atoms. The van der Waals surface area contributed by atoms with E-state index in [2.05, 4.69) is 10.2 Å². The monoisotopic (exact) mass is 267 g/mol. The molecule has 3 N–H and O–H groups in total. The van der Waals surface area contributed by atoms with E-state index in [0.717, 1.165) is 25.9 Å². The van der Waals surface area contributed by atoms with Gasteiger partial charge in [-0.05, 0) is 43.3 Å². The molecule has 0 amide bonds. The van der Waals surface area contributed by atoms with Gasteiger partial charge in [-0.1, -0.05) is 12.8 Å². The molecule has 0 atom stereocenters. The molecule has 5 heteroatoms. The Hall–Kier alpha value is -1.36. The van der Waals surface area contributed by atoms with Crippen molar-refractivity contribution in [3.05, 3.63) is 24.0 Å². The zero-order valence-electron chi connectivity index (χ0n) is 10.3. The van der Waals surface area contributed by atoms with Gasteiger partial charge in [-0.15, -0.1) is 0 Å². The van der Waals surface area contributed by atoms with Gasteiger partial charge in [-0.2, -0.15) is 0 Å². The van der Waals surface area contributed by atoms with Crippen molar-refractivity contribution in [1.29, 1.82) is 0 Å². The van der Waals surface area contributed by atoms with Crippen molar-refractivity contribution in [2.24, 2.45) is 5.73 Å². The van der Waals surface area contributed by atoms with E-state index in [4.69, 9.17) is 18.0 Å². The Bertz CT molecular complexity index is 428. The van der Waals surface area contributed by atoms with Crippen molar-refractivity contribution in [3.63, 3.8) is 0 Å². The Balaban J connectivity index is 2.15. The van der Waals surface area contributed by atoms with E-state index >= 15 is 0 Å². The lowest BCUT2D eigenvalue weighted by Crippen LogP contribution is -2.25. The van der Waals surface area contributed by atoms with E-state index in [1.165, 1.54) is 18.9 Å². The molecule has 0 aromatic heterocycles. The summed E-state index contributed by atoms with van der Waals surface area (Å²) >= 11 is 4.73. The van der Waals surface area contributed by atoms with Crippen LogP contribution < -0.4 is 16.0 Å². The van der Waals surface area contributed by atoms with Crippen LogP contribution in [0.4, 0.5) is 15.8 Å². The van der Waals surface area contributed by atoms with Gasteiger partial charge in [0.25, 0.3) is 0 Å². The molecule has 0 saturated carbocycles. The standard InChI is InChI=1S/C13H18FN3S/c14-11-9-10(16-13(15)18)5-6-12(11)17-7-3-1-2-4-8-17/h5-6,9H,1-4,7-8H2,(H3,15,16,18). The molecule has 1 heterocycles. The summed E-state index contributed by atoms with van der Waals surface area (Å²) in [6, 6.07) is 5.04. The van der Waals surface area contributed by atoms with Gasteiger partial charge in [0.05, 0.1) is 5.69 Å². The molecule has 0 aliphatic carbocycles. The first-order valence-electron chi connectivity index (χ1n) is 6.28. The molecule has 1 aromatic rings. The van der Waals surface area contributed by atoms with Gasteiger partial charge in [0.15, 0.2) is 5.11 Å². The summed E-state index contributed by atoms with van der Waals surface area (Å²) in [6.07, 6.45) is 4.73. The molecule has 0 unspecified atom stereocenters. The second kappa shape index (κ2) is 6.00. The molecule has 3 nitrogen and oxygen atoms in total. The van der Waals surface area contributed by atoms with Crippen molar-refractivity contribution < 1.29 is 4.39 Å². The molecule has 1 aromatic carbocycles. The van der Waals surface area contributed by atoms with E-state index < -0.39 is 0 Å². The van der Waals surface area contributed by atoms with Gasteiger partial charge in [-0.3, -0.25) is 0 Å². The van der Waals surface area contributed by atoms with Crippen LogP contribution in [-0.4, -0.2) is 18.2 Å². The number of nitrogens with two attached hydrogens (primary N) is 1. The van der Waals surface area contributed by atoms with Crippen molar-refractivity contribution in [2.45, 2.75) is 25.7 Å². The van der Waals surface area contributed by atoms with Gasteiger partial charge in [0.1, 0.15) is 5.82 Å². The quantitative estimate of drug-likeness (QED) is 0.809. The minimum atomic E-state index is -0.224. The van der Waals surface area contributed by atoms with Gasteiger partial charge in [0.2, 0.25) is 0 Å². The van der Waals surface area contributed by atoms with Crippen molar-refractivity contribution >= 4 is 28.7 Å². The van der Waals surface area contributed by atoms with Crippen LogP contribution in [0.25, 0.3) is 0 Å². The lowest BCUT2D eigenvalue weighted by Gasteiger charge is -2.23. The van der Waals surface area contributed by atoms with E-state index in [1.54, 1.807) is 6.07 Å². The highest BCUT2D eigenvalue weighted by Gasteiger charge is 2.14. The van der Waals surface area contributed by atoms with Crippen LogP contribution in [0.3, 0.4) is 0 Å². The number of halogens is 1. The Labute approximate surface area is 112 Å². The van der Waals surface area contributed by atoms with Crippen LogP contribution >= 0.6 is 12.2 Å². The predicted molar refractivity (Wildman–Crippen MR) is 77.5 cm³/mol. The Morgan fingerprint density at radius 3 is 2.44 bits per heavy atom. The fraction of sp³-hybridized carbons (Fsp3) is 0.462.